The lowest BCUT2D eigenvalue weighted by Gasteiger charge is -2.34. The monoisotopic (exact) mass is 334 g/mol. The Morgan fingerprint density at radius 2 is 1.08 bits per heavy atom. The third-order valence-electron chi connectivity index (χ3n) is 4.77. The fourth-order valence-corrected chi connectivity index (χ4v) is 3.56. The van der Waals surface area contributed by atoms with Gasteiger partial charge in [0.15, 0.2) is 0 Å². The van der Waals surface area contributed by atoms with Crippen molar-refractivity contribution in [3.05, 3.63) is 103 Å². The molecular weight excluding hydrogens is 316 g/mol. The maximum atomic E-state index is 3.54. The first-order valence-corrected chi connectivity index (χ1v) is 8.81. The SMILES string of the molecule is c1ccc(-c2cccc(N3c4ccccc4Nc4ccccc43)c2)cc1. The largest absolute Gasteiger partial charge is 0.352 e. The van der Waals surface area contributed by atoms with Gasteiger partial charge in [-0.2, -0.15) is 0 Å². The maximum absolute atomic E-state index is 3.54. The molecule has 4 aromatic carbocycles. The normalized spacial score (nSPS) is 12.1. The zero-order chi connectivity index (χ0) is 17.3. The van der Waals surface area contributed by atoms with Crippen molar-refractivity contribution in [2.75, 3.05) is 10.2 Å². The van der Waals surface area contributed by atoms with E-state index in [9.17, 15) is 0 Å². The molecule has 124 valence electrons. The van der Waals surface area contributed by atoms with Crippen LogP contribution in [-0.4, -0.2) is 0 Å². The molecule has 0 radical (unpaired) electrons. The number of anilines is 5. The second-order valence-electron chi connectivity index (χ2n) is 6.41. The van der Waals surface area contributed by atoms with E-state index in [4.69, 9.17) is 0 Å². The fraction of sp³-hybridized carbons (Fsp3) is 0. The molecule has 5 rings (SSSR count). The Balaban J connectivity index is 1.69. The van der Waals surface area contributed by atoms with Crippen LogP contribution in [0.5, 0.6) is 0 Å². The standard InChI is InChI=1S/C24H18N2/c1-2-9-18(10-3-1)19-11-8-12-20(17-19)26-23-15-6-4-13-21(23)25-22-14-5-7-16-24(22)26/h1-17,25H. The number of rotatable bonds is 2. The van der Waals surface area contributed by atoms with Crippen molar-refractivity contribution in [1.29, 1.82) is 0 Å². The Morgan fingerprint density at radius 3 is 1.77 bits per heavy atom. The number of para-hydroxylation sites is 4. The van der Waals surface area contributed by atoms with Crippen LogP contribution in [-0.2, 0) is 0 Å². The molecule has 0 spiro atoms. The van der Waals surface area contributed by atoms with E-state index < -0.39 is 0 Å². The molecule has 0 unspecified atom stereocenters. The predicted molar refractivity (Wildman–Crippen MR) is 110 cm³/mol. The second-order valence-corrected chi connectivity index (χ2v) is 6.41. The van der Waals surface area contributed by atoms with Gasteiger partial charge in [0.1, 0.15) is 0 Å². The molecule has 0 amide bonds. The number of hydrogen-bond donors (Lipinski definition) is 1. The van der Waals surface area contributed by atoms with Gasteiger partial charge in [-0.15, -0.1) is 0 Å². The molecule has 2 nitrogen and oxygen atoms in total. The van der Waals surface area contributed by atoms with E-state index in [2.05, 4.69) is 113 Å². The van der Waals surface area contributed by atoms with E-state index >= 15 is 0 Å². The van der Waals surface area contributed by atoms with Gasteiger partial charge in [0, 0.05) is 5.69 Å². The first kappa shape index (κ1) is 14.8. The van der Waals surface area contributed by atoms with Crippen molar-refractivity contribution >= 4 is 28.4 Å². The highest BCUT2D eigenvalue weighted by molar-refractivity contribution is 5.97. The zero-order valence-electron chi connectivity index (χ0n) is 14.3. The summed E-state index contributed by atoms with van der Waals surface area (Å²) in [6, 6.07) is 36.1. The summed E-state index contributed by atoms with van der Waals surface area (Å²) < 4.78 is 0. The number of hydrogen-bond acceptors (Lipinski definition) is 2. The minimum atomic E-state index is 1.12. The van der Waals surface area contributed by atoms with Gasteiger partial charge < -0.3 is 10.2 Å². The first-order chi connectivity index (χ1) is 12.9. The van der Waals surface area contributed by atoms with Gasteiger partial charge in [-0.05, 0) is 47.5 Å². The molecule has 26 heavy (non-hydrogen) atoms. The highest BCUT2D eigenvalue weighted by atomic mass is 15.2. The van der Waals surface area contributed by atoms with Crippen LogP contribution in [0.4, 0.5) is 28.4 Å². The van der Waals surface area contributed by atoms with Crippen molar-refractivity contribution < 1.29 is 0 Å². The predicted octanol–water partition coefficient (Wildman–Crippen LogP) is 6.88. The third-order valence-corrected chi connectivity index (χ3v) is 4.77. The molecule has 0 saturated carbocycles. The minimum Gasteiger partial charge on any atom is -0.352 e. The summed E-state index contributed by atoms with van der Waals surface area (Å²) in [5.41, 5.74) is 8.18. The third kappa shape index (κ3) is 2.44. The number of nitrogens with one attached hydrogen (secondary N) is 1. The Kier molecular flexibility index (Phi) is 3.46. The zero-order valence-corrected chi connectivity index (χ0v) is 14.3. The molecule has 1 N–H and O–H groups in total. The van der Waals surface area contributed by atoms with Crippen LogP contribution in [0.1, 0.15) is 0 Å². The Morgan fingerprint density at radius 1 is 0.500 bits per heavy atom. The lowest BCUT2D eigenvalue weighted by molar-refractivity contribution is 1.25. The molecule has 0 fully saturated rings. The maximum Gasteiger partial charge on any atom is 0.0697 e. The first-order valence-electron chi connectivity index (χ1n) is 8.81. The minimum absolute atomic E-state index is 1.12. The van der Waals surface area contributed by atoms with E-state index in [1.54, 1.807) is 0 Å². The molecule has 0 aliphatic carbocycles. The summed E-state index contributed by atoms with van der Waals surface area (Å²) in [5, 5.41) is 3.54. The molecule has 0 aromatic heterocycles. The Hall–Kier alpha value is -3.52. The number of benzene rings is 4. The van der Waals surface area contributed by atoms with Gasteiger partial charge in [-0.25, -0.2) is 0 Å². The summed E-state index contributed by atoms with van der Waals surface area (Å²) in [5.74, 6) is 0. The van der Waals surface area contributed by atoms with E-state index in [0.29, 0.717) is 0 Å². The second kappa shape index (κ2) is 6.08. The van der Waals surface area contributed by atoms with Gasteiger partial charge in [0.25, 0.3) is 0 Å². The molecule has 2 heteroatoms. The van der Waals surface area contributed by atoms with Crippen molar-refractivity contribution in [1.82, 2.24) is 0 Å². The Labute approximate surface area is 153 Å². The van der Waals surface area contributed by atoms with E-state index in [1.807, 2.05) is 0 Å². The lowest BCUT2D eigenvalue weighted by Crippen LogP contribution is -2.17. The average molecular weight is 334 g/mol. The van der Waals surface area contributed by atoms with Crippen molar-refractivity contribution in [3.63, 3.8) is 0 Å². The quantitative estimate of drug-likeness (QED) is 0.378. The van der Waals surface area contributed by atoms with Crippen molar-refractivity contribution in [3.8, 4) is 11.1 Å². The van der Waals surface area contributed by atoms with Crippen LogP contribution >= 0.6 is 0 Å². The van der Waals surface area contributed by atoms with Crippen LogP contribution in [0.3, 0.4) is 0 Å². The summed E-state index contributed by atoms with van der Waals surface area (Å²) in [6.07, 6.45) is 0. The summed E-state index contributed by atoms with van der Waals surface area (Å²) >= 11 is 0. The van der Waals surface area contributed by atoms with Crippen molar-refractivity contribution in [2.24, 2.45) is 0 Å². The van der Waals surface area contributed by atoms with Gasteiger partial charge in [0.2, 0.25) is 0 Å². The van der Waals surface area contributed by atoms with Crippen LogP contribution in [0.25, 0.3) is 11.1 Å². The summed E-state index contributed by atoms with van der Waals surface area (Å²) in [4.78, 5) is 2.33. The highest BCUT2D eigenvalue weighted by Crippen LogP contribution is 2.47. The lowest BCUT2D eigenvalue weighted by atomic mass is 10.0. The topological polar surface area (TPSA) is 15.3 Å². The van der Waals surface area contributed by atoms with E-state index in [0.717, 1.165) is 28.4 Å². The highest BCUT2D eigenvalue weighted by Gasteiger charge is 2.23. The summed E-state index contributed by atoms with van der Waals surface area (Å²) in [7, 11) is 0. The van der Waals surface area contributed by atoms with Crippen LogP contribution in [0.15, 0.2) is 103 Å². The fourth-order valence-electron chi connectivity index (χ4n) is 3.56. The van der Waals surface area contributed by atoms with Gasteiger partial charge >= 0.3 is 0 Å². The van der Waals surface area contributed by atoms with Gasteiger partial charge in [-0.1, -0.05) is 66.7 Å². The summed E-state index contributed by atoms with van der Waals surface area (Å²) in [6.45, 7) is 0. The van der Waals surface area contributed by atoms with E-state index in [1.165, 1.54) is 11.1 Å². The number of nitrogens with zero attached hydrogens (tertiary/aromatic N) is 1. The molecule has 4 aromatic rings. The molecule has 1 aliphatic rings. The molecule has 0 atom stereocenters. The van der Waals surface area contributed by atoms with Gasteiger partial charge in [-0.3, -0.25) is 0 Å². The van der Waals surface area contributed by atoms with Crippen LogP contribution < -0.4 is 10.2 Å². The Bertz CT molecular complexity index is 1020. The van der Waals surface area contributed by atoms with Crippen molar-refractivity contribution in [2.45, 2.75) is 0 Å². The molecule has 1 heterocycles. The number of fused-ring (bicyclic) bond motifs is 2. The molecule has 0 saturated heterocycles. The molecular formula is C24H18N2. The van der Waals surface area contributed by atoms with Crippen LogP contribution in [0.2, 0.25) is 0 Å². The molecule has 1 aliphatic heterocycles. The average Bonchev–Trinajstić information content (AvgIpc) is 2.72. The van der Waals surface area contributed by atoms with Crippen LogP contribution in [0, 0.1) is 0 Å². The van der Waals surface area contributed by atoms with Gasteiger partial charge in [0.05, 0.1) is 22.7 Å². The smallest absolute Gasteiger partial charge is 0.0697 e. The van der Waals surface area contributed by atoms with E-state index in [-0.39, 0.29) is 0 Å². The molecule has 0 bridgehead atoms.